The van der Waals surface area contributed by atoms with E-state index in [0.717, 1.165) is 16.9 Å². The summed E-state index contributed by atoms with van der Waals surface area (Å²) >= 11 is 6.04. The number of methoxy groups -OCH3 is 2. The van der Waals surface area contributed by atoms with E-state index in [-0.39, 0.29) is 18.3 Å². The lowest BCUT2D eigenvalue weighted by molar-refractivity contribution is 0.0781. The zero-order valence-electron chi connectivity index (χ0n) is 14.6. The number of hydrogen-bond acceptors (Lipinski definition) is 4. The number of benzene rings is 2. The molecule has 5 nitrogen and oxygen atoms in total. The van der Waals surface area contributed by atoms with Crippen molar-refractivity contribution in [1.29, 1.82) is 0 Å². The number of hydrogen-bond donors (Lipinski definition) is 1. The summed E-state index contributed by atoms with van der Waals surface area (Å²) in [6, 6.07) is 8.91. The van der Waals surface area contributed by atoms with Crippen molar-refractivity contribution in [3.05, 3.63) is 52.0 Å². The van der Waals surface area contributed by atoms with Crippen molar-refractivity contribution >= 4 is 35.6 Å². The fourth-order valence-electron chi connectivity index (χ4n) is 2.50. The molecule has 0 spiro atoms. The van der Waals surface area contributed by atoms with Gasteiger partial charge < -0.3 is 20.1 Å². The molecule has 2 aromatic rings. The molecule has 0 bridgehead atoms. The molecule has 0 aliphatic heterocycles. The van der Waals surface area contributed by atoms with Gasteiger partial charge >= 0.3 is 0 Å². The number of rotatable bonds is 5. The van der Waals surface area contributed by atoms with Crippen LogP contribution >= 0.6 is 24.0 Å². The first kappa shape index (κ1) is 20.9. The number of carbonyl (C=O) groups excluding carboxylic acids is 1. The van der Waals surface area contributed by atoms with Crippen LogP contribution in [0, 0.1) is 6.92 Å². The van der Waals surface area contributed by atoms with Crippen molar-refractivity contribution in [2.75, 3.05) is 27.0 Å². The molecule has 0 radical (unpaired) electrons. The van der Waals surface area contributed by atoms with Gasteiger partial charge in [0.15, 0.2) is 0 Å². The number of anilines is 1. The van der Waals surface area contributed by atoms with Crippen molar-refractivity contribution in [3.8, 4) is 11.5 Å². The van der Waals surface area contributed by atoms with E-state index in [1.807, 2.05) is 25.1 Å². The van der Waals surface area contributed by atoms with Crippen molar-refractivity contribution in [2.45, 2.75) is 13.5 Å². The molecule has 7 heteroatoms. The topological polar surface area (TPSA) is 64.8 Å². The molecule has 0 atom stereocenters. The number of nitrogens with two attached hydrogens (primary N) is 1. The Bertz CT molecular complexity index is 766. The molecular weight excluding hydrogens is 363 g/mol. The second kappa shape index (κ2) is 8.83. The van der Waals surface area contributed by atoms with Crippen LogP contribution in [0.25, 0.3) is 0 Å². The standard InChI is InChI=1S/C18H21ClN2O3.ClH/c1-11-7-12(5-6-16(11)23-3)10-21(2)18(22)13-8-14(19)15(20)9-17(13)24-4;/h5-9H,10,20H2,1-4H3;1H. The SMILES string of the molecule is COc1ccc(CN(C)C(=O)c2cc(Cl)c(N)cc2OC)cc1C.Cl. The predicted octanol–water partition coefficient (Wildman–Crippen LogP) is 3.94. The number of nitrogen functional groups attached to an aromatic ring is 1. The van der Waals surface area contributed by atoms with Gasteiger partial charge in [0, 0.05) is 19.7 Å². The zero-order valence-corrected chi connectivity index (χ0v) is 16.2. The van der Waals surface area contributed by atoms with E-state index in [1.165, 1.54) is 13.2 Å². The van der Waals surface area contributed by atoms with Crippen LogP contribution < -0.4 is 15.2 Å². The summed E-state index contributed by atoms with van der Waals surface area (Å²) in [7, 11) is 4.85. The summed E-state index contributed by atoms with van der Waals surface area (Å²) in [5.41, 5.74) is 8.53. The smallest absolute Gasteiger partial charge is 0.257 e. The predicted molar refractivity (Wildman–Crippen MR) is 103 cm³/mol. The molecular formula is C18H22Cl2N2O3. The lowest BCUT2D eigenvalue weighted by atomic mass is 10.1. The summed E-state index contributed by atoms with van der Waals surface area (Å²) < 4.78 is 10.5. The highest BCUT2D eigenvalue weighted by atomic mass is 35.5. The first-order valence-corrected chi connectivity index (χ1v) is 7.77. The van der Waals surface area contributed by atoms with Crippen LogP contribution in [-0.4, -0.2) is 32.1 Å². The van der Waals surface area contributed by atoms with E-state index in [0.29, 0.717) is 28.6 Å². The third-order valence-electron chi connectivity index (χ3n) is 3.77. The van der Waals surface area contributed by atoms with Crippen molar-refractivity contribution in [3.63, 3.8) is 0 Å². The fraction of sp³-hybridized carbons (Fsp3) is 0.278. The van der Waals surface area contributed by atoms with E-state index in [4.69, 9.17) is 26.8 Å². The van der Waals surface area contributed by atoms with Gasteiger partial charge in [0.05, 0.1) is 30.5 Å². The molecule has 2 aromatic carbocycles. The van der Waals surface area contributed by atoms with Crippen LogP contribution in [0.1, 0.15) is 21.5 Å². The molecule has 0 aliphatic carbocycles. The lowest BCUT2D eigenvalue weighted by Gasteiger charge is -2.20. The third-order valence-corrected chi connectivity index (χ3v) is 4.10. The maximum absolute atomic E-state index is 12.7. The highest BCUT2D eigenvalue weighted by Crippen LogP contribution is 2.30. The first-order valence-electron chi connectivity index (χ1n) is 7.39. The minimum absolute atomic E-state index is 0. The fourth-order valence-corrected chi connectivity index (χ4v) is 2.66. The third kappa shape index (κ3) is 4.71. The minimum atomic E-state index is -0.192. The Labute approximate surface area is 159 Å². The first-order chi connectivity index (χ1) is 11.4. The molecule has 0 aromatic heterocycles. The van der Waals surface area contributed by atoms with Crippen molar-refractivity contribution in [2.24, 2.45) is 0 Å². The number of halogens is 2. The van der Waals surface area contributed by atoms with E-state index < -0.39 is 0 Å². The van der Waals surface area contributed by atoms with Crippen LogP contribution in [0.3, 0.4) is 0 Å². The number of amides is 1. The lowest BCUT2D eigenvalue weighted by Crippen LogP contribution is -2.26. The number of nitrogens with zero attached hydrogens (tertiary/aromatic N) is 1. The van der Waals surface area contributed by atoms with Crippen molar-refractivity contribution < 1.29 is 14.3 Å². The molecule has 25 heavy (non-hydrogen) atoms. The summed E-state index contributed by atoms with van der Waals surface area (Å²) in [5, 5.41) is 0.327. The van der Waals surface area contributed by atoms with E-state index in [1.54, 1.807) is 25.1 Å². The maximum Gasteiger partial charge on any atom is 0.257 e. The molecule has 0 unspecified atom stereocenters. The Morgan fingerprint density at radius 3 is 2.36 bits per heavy atom. The second-order valence-electron chi connectivity index (χ2n) is 5.54. The molecule has 1 amide bonds. The molecule has 0 fully saturated rings. The average molecular weight is 385 g/mol. The Balaban J connectivity index is 0.00000312. The summed E-state index contributed by atoms with van der Waals surface area (Å²) in [4.78, 5) is 14.3. The maximum atomic E-state index is 12.7. The monoisotopic (exact) mass is 384 g/mol. The van der Waals surface area contributed by atoms with Gasteiger partial charge in [-0.2, -0.15) is 0 Å². The van der Waals surface area contributed by atoms with Crippen molar-refractivity contribution in [1.82, 2.24) is 4.90 Å². The summed E-state index contributed by atoms with van der Waals surface area (Å²) in [5.74, 6) is 1.03. The van der Waals surface area contributed by atoms with E-state index >= 15 is 0 Å². The highest BCUT2D eigenvalue weighted by molar-refractivity contribution is 6.33. The van der Waals surface area contributed by atoms with Gasteiger partial charge in [-0.1, -0.05) is 23.7 Å². The normalized spacial score (nSPS) is 9.96. The minimum Gasteiger partial charge on any atom is -0.496 e. The van der Waals surface area contributed by atoms with Crippen LogP contribution in [0.15, 0.2) is 30.3 Å². The molecule has 0 heterocycles. The largest absolute Gasteiger partial charge is 0.496 e. The number of ether oxygens (including phenoxy) is 2. The molecule has 136 valence electrons. The molecule has 2 rings (SSSR count). The Kier molecular flexibility index (Phi) is 7.39. The summed E-state index contributed by atoms with van der Waals surface area (Å²) in [6.45, 7) is 2.42. The Morgan fingerprint density at radius 1 is 1.16 bits per heavy atom. The average Bonchev–Trinajstić information content (AvgIpc) is 2.56. The van der Waals surface area contributed by atoms with Gasteiger partial charge in [0.2, 0.25) is 0 Å². The molecule has 0 aliphatic rings. The van der Waals surface area contributed by atoms with E-state index in [2.05, 4.69) is 0 Å². The summed E-state index contributed by atoms with van der Waals surface area (Å²) in [6.07, 6.45) is 0. The van der Waals surface area contributed by atoms with Gasteiger partial charge in [-0.3, -0.25) is 4.79 Å². The zero-order chi connectivity index (χ0) is 17.9. The molecule has 0 saturated heterocycles. The highest BCUT2D eigenvalue weighted by Gasteiger charge is 2.19. The van der Waals surface area contributed by atoms with Gasteiger partial charge in [0.1, 0.15) is 11.5 Å². The van der Waals surface area contributed by atoms with E-state index in [9.17, 15) is 4.79 Å². The van der Waals surface area contributed by atoms with Gasteiger partial charge in [-0.15, -0.1) is 12.4 Å². The Morgan fingerprint density at radius 2 is 1.80 bits per heavy atom. The van der Waals surface area contributed by atoms with Crippen LogP contribution in [0.4, 0.5) is 5.69 Å². The molecule has 2 N–H and O–H groups in total. The molecule has 0 saturated carbocycles. The quantitative estimate of drug-likeness (QED) is 0.792. The Hall–Kier alpha value is -2.11. The van der Waals surface area contributed by atoms with Crippen LogP contribution in [-0.2, 0) is 6.54 Å². The van der Waals surface area contributed by atoms with Crippen LogP contribution in [0.2, 0.25) is 5.02 Å². The van der Waals surface area contributed by atoms with Gasteiger partial charge in [-0.05, 0) is 30.2 Å². The van der Waals surface area contributed by atoms with Gasteiger partial charge in [-0.25, -0.2) is 0 Å². The van der Waals surface area contributed by atoms with Crippen LogP contribution in [0.5, 0.6) is 11.5 Å². The second-order valence-corrected chi connectivity index (χ2v) is 5.95. The number of aryl methyl sites for hydroxylation is 1. The number of carbonyl (C=O) groups is 1. The van der Waals surface area contributed by atoms with Gasteiger partial charge in [0.25, 0.3) is 5.91 Å².